The molecule has 0 aromatic heterocycles. The molecule has 0 radical (unpaired) electrons. The van der Waals surface area contributed by atoms with Gasteiger partial charge in [0.2, 0.25) is 0 Å². The molecule has 0 heterocycles. The van der Waals surface area contributed by atoms with Gasteiger partial charge in [0.1, 0.15) is 0 Å². The van der Waals surface area contributed by atoms with Crippen molar-refractivity contribution in [3.05, 3.63) is 0 Å². The Morgan fingerprint density at radius 1 is 1.33 bits per heavy atom. The summed E-state index contributed by atoms with van der Waals surface area (Å²) < 4.78 is 22.6. The van der Waals surface area contributed by atoms with Gasteiger partial charge in [0, 0.05) is 11.8 Å². The third kappa shape index (κ3) is 5.46. The fraction of sp³-hybridized carbons (Fsp3) is 1.00. The maximum absolute atomic E-state index is 11.3. The second-order valence-electron chi connectivity index (χ2n) is 4.12. The van der Waals surface area contributed by atoms with E-state index in [4.69, 9.17) is 10.2 Å². The van der Waals surface area contributed by atoms with E-state index in [0.717, 1.165) is 0 Å². The van der Waals surface area contributed by atoms with E-state index in [9.17, 15) is 8.42 Å². The zero-order chi connectivity index (χ0) is 12.1. The van der Waals surface area contributed by atoms with Gasteiger partial charge in [-0.2, -0.15) is 0 Å². The molecule has 0 aromatic rings. The Morgan fingerprint density at radius 2 is 1.80 bits per heavy atom. The predicted octanol–water partition coefficient (Wildman–Crippen LogP) is -0.857. The molecule has 0 saturated carbocycles. The molecule has 6 heteroatoms. The summed E-state index contributed by atoms with van der Waals surface area (Å²) in [5.41, 5.74) is -0.831. The standard InChI is InChI=1S/C9H21NO4S/c1-4-15(13,14)5-8(2)10-9(3,6-11)7-12/h8,10-12H,4-7H2,1-3H3. The Hall–Kier alpha value is -0.170. The lowest BCUT2D eigenvalue weighted by molar-refractivity contribution is 0.0978. The lowest BCUT2D eigenvalue weighted by atomic mass is 10.0. The average molecular weight is 239 g/mol. The molecular formula is C9H21NO4S. The van der Waals surface area contributed by atoms with Gasteiger partial charge in [-0.15, -0.1) is 0 Å². The van der Waals surface area contributed by atoms with Gasteiger partial charge in [0.05, 0.1) is 24.5 Å². The number of sulfone groups is 1. The maximum atomic E-state index is 11.3. The van der Waals surface area contributed by atoms with E-state index in [1.54, 1.807) is 20.8 Å². The highest BCUT2D eigenvalue weighted by molar-refractivity contribution is 7.91. The Kier molecular flexibility index (Phi) is 5.72. The maximum Gasteiger partial charge on any atom is 0.151 e. The van der Waals surface area contributed by atoms with Gasteiger partial charge >= 0.3 is 0 Å². The number of hydrogen-bond donors (Lipinski definition) is 3. The summed E-state index contributed by atoms with van der Waals surface area (Å²) in [5.74, 6) is 0.118. The van der Waals surface area contributed by atoms with Crippen LogP contribution in [0.5, 0.6) is 0 Å². The molecule has 92 valence electrons. The highest BCUT2D eigenvalue weighted by Crippen LogP contribution is 2.04. The van der Waals surface area contributed by atoms with Crippen LogP contribution in [-0.2, 0) is 9.84 Å². The number of nitrogens with one attached hydrogen (secondary N) is 1. The molecule has 0 bridgehead atoms. The lowest BCUT2D eigenvalue weighted by Gasteiger charge is -2.30. The highest BCUT2D eigenvalue weighted by Gasteiger charge is 2.25. The monoisotopic (exact) mass is 239 g/mol. The molecule has 0 spiro atoms. The second kappa shape index (κ2) is 5.79. The van der Waals surface area contributed by atoms with Crippen LogP contribution in [0, 0.1) is 0 Å². The molecule has 5 nitrogen and oxygen atoms in total. The Labute approximate surface area is 91.4 Å². The van der Waals surface area contributed by atoms with Crippen LogP contribution in [-0.4, -0.2) is 54.9 Å². The van der Waals surface area contributed by atoms with Crippen LogP contribution in [0.15, 0.2) is 0 Å². The Balaban J connectivity index is 4.31. The Bertz CT molecular complexity index is 272. The molecular weight excluding hydrogens is 218 g/mol. The predicted molar refractivity (Wildman–Crippen MR) is 59.5 cm³/mol. The molecule has 0 aliphatic heterocycles. The molecule has 0 saturated heterocycles. The van der Waals surface area contributed by atoms with Crippen molar-refractivity contribution < 1.29 is 18.6 Å². The summed E-state index contributed by atoms with van der Waals surface area (Å²) in [7, 11) is -3.03. The fourth-order valence-electron chi connectivity index (χ4n) is 1.28. The molecule has 0 aromatic carbocycles. The second-order valence-corrected chi connectivity index (χ2v) is 6.52. The molecule has 0 rings (SSSR count). The van der Waals surface area contributed by atoms with E-state index in [0.29, 0.717) is 0 Å². The van der Waals surface area contributed by atoms with Gasteiger partial charge in [-0.25, -0.2) is 8.42 Å². The number of aliphatic hydroxyl groups is 2. The Morgan fingerprint density at radius 3 is 2.13 bits per heavy atom. The van der Waals surface area contributed by atoms with Crippen LogP contribution >= 0.6 is 0 Å². The van der Waals surface area contributed by atoms with Crippen LogP contribution in [0.1, 0.15) is 20.8 Å². The minimum absolute atomic E-state index is 0.0130. The molecule has 0 aliphatic carbocycles. The smallest absolute Gasteiger partial charge is 0.151 e. The van der Waals surface area contributed by atoms with Crippen LogP contribution in [0.25, 0.3) is 0 Å². The molecule has 3 N–H and O–H groups in total. The van der Waals surface area contributed by atoms with Crippen molar-refractivity contribution in [3.8, 4) is 0 Å². The van der Waals surface area contributed by atoms with Gasteiger partial charge in [0.15, 0.2) is 9.84 Å². The molecule has 1 atom stereocenters. The van der Waals surface area contributed by atoms with Gasteiger partial charge in [-0.1, -0.05) is 6.92 Å². The first kappa shape index (κ1) is 14.8. The summed E-state index contributed by atoms with van der Waals surface area (Å²) in [4.78, 5) is 0. The van der Waals surface area contributed by atoms with Gasteiger partial charge in [-0.05, 0) is 13.8 Å². The lowest BCUT2D eigenvalue weighted by Crippen LogP contribution is -2.54. The zero-order valence-electron chi connectivity index (χ0n) is 9.52. The van der Waals surface area contributed by atoms with Gasteiger partial charge < -0.3 is 15.5 Å². The van der Waals surface area contributed by atoms with E-state index in [1.165, 1.54) is 0 Å². The van der Waals surface area contributed by atoms with Crippen molar-refractivity contribution >= 4 is 9.84 Å². The largest absolute Gasteiger partial charge is 0.394 e. The van der Waals surface area contributed by atoms with E-state index >= 15 is 0 Å². The third-order valence-electron chi connectivity index (χ3n) is 2.24. The van der Waals surface area contributed by atoms with E-state index < -0.39 is 15.4 Å². The summed E-state index contributed by atoms with van der Waals surface area (Å²) >= 11 is 0. The first-order valence-corrected chi connectivity index (χ1v) is 6.80. The highest BCUT2D eigenvalue weighted by atomic mass is 32.2. The van der Waals surface area contributed by atoms with Crippen molar-refractivity contribution in [1.82, 2.24) is 5.32 Å². The topological polar surface area (TPSA) is 86.6 Å². The molecule has 15 heavy (non-hydrogen) atoms. The van der Waals surface area contributed by atoms with Crippen molar-refractivity contribution in [2.45, 2.75) is 32.4 Å². The zero-order valence-corrected chi connectivity index (χ0v) is 10.3. The molecule has 0 aliphatic rings. The van der Waals surface area contributed by atoms with Gasteiger partial charge in [0.25, 0.3) is 0 Å². The number of rotatable bonds is 7. The van der Waals surface area contributed by atoms with Crippen LogP contribution in [0.3, 0.4) is 0 Å². The van der Waals surface area contributed by atoms with Crippen molar-refractivity contribution in [3.63, 3.8) is 0 Å². The van der Waals surface area contributed by atoms with Crippen LogP contribution < -0.4 is 5.32 Å². The first-order chi connectivity index (χ1) is 6.78. The summed E-state index contributed by atoms with van der Waals surface area (Å²) in [6, 6.07) is -0.292. The normalized spacial score (nSPS) is 15.3. The SMILES string of the molecule is CCS(=O)(=O)CC(C)NC(C)(CO)CO. The van der Waals surface area contributed by atoms with Gasteiger partial charge in [-0.3, -0.25) is 0 Å². The molecule has 1 unspecified atom stereocenters. The quantitative estimate of drug-likeness (QED) is 0.538. The van der Waals surface area contributed by atoms with Crippen molar-refractivity contribution in [2.75, 3.05) is 24.7 Å². The number of aliphatic hydroxyl groups excluding tert-OH is 2. The van der Waals surface area contributed by atoms with E-state index in [-0.39, 0.29) is 30.8 Å². The minimum Gasteiger partial charge on any atom is -0.394 e. The van der Waals surface area contributed by atoms with E-state index in [1.807, 2.05) is 0 Å². The first-order valence-electron chi connectivity index (χ1n) is 4.98. The summed E-state index contributed by atoms with van der Waals surface area (Å²) in [6.45, 7) is 4.48. The van der Waals surface area contributed by atoms with Crippen LogP contribution in [0.2, 0.25) is 0 Å². The third-order valence-corrected chi connectivity index (χ3v) is 4.12. The van der Waals surface area contributed by atoms with Crippen molar-refractivity contribution in [1.29, 1.82) is 0 Å². The molecule has 0 fully saturated rings. The molecule has 0 amide bonds. The number of hydrogen-bond acceptors (Lipinski definition) is 5. The van der Waals surface area contributed by atoms with Crippen molar-refractivity contribution in [2.24, 2.45) is 0 Å². The van der Waals surface area contributed by atoms with E-state index in [2.05, 4.69) is 5.32 Å². The summed E-state index contributed by atoms with van der Waals surface area (Å²) in [6.07, 6.45) is 0. The fourth-order valence-corrected chi connectivity index (χ4v) is 2.36. The van der Waals surface area contributed by atoms with Crippen LogP contribution in [0.4, 0.5) is 0 Å². The summed E-state index contributed by atoms with van der Waals surface area (Å²) in [5, 5.41) is 20.9. The average Bonchev–Trinajstić information content (AvgIpc) is 2.16. The minimum atomic E-state index is -3.03.